The lowest BCUT2D eigenvalue weighted by atomic mass is 10.3. The molecule has 0 unspecified atom stereocenters. The number of hydrogen-bond donors (Lipinski definition) is 1. The van der Waals surface area contributed by atoms with E-state index in [1.54, 1.807) is 0 Å². The number of aryl methyl sites for hydroxylation is 1. The summed E-state index contributed by atoms with van der Waals surface area (Å²) in [6.45, 7) is 5.92. The van der Waals surface area contributed by atoms with Crippen LogP contribution in [0.2, 0.25) is 0 Å². The first-order chi connectivity index (χ1) is 7.22. The van der Waals surface area contributed by atoms with Crippen LogP contribution in [0.15, 0.2) is 12.5 Å². The molecular weight excluding hydrogens is 188 g/mol. The summed E-state index contributed by atoms with van der Waals surface area (Å²) in [5.41, 5.74) is 1.06. The molecule has 1 heterocycles. The number of nitrogens with zero attached hydrogens (tertiary/aromatic N) is 3. The van der Waals surface area contributed by atoms with Crippen molar-refractivity contribution < 1.29 is 0 Å². The van der Waals surface area contributed by atoms with E-state index in [9.17, 15) is 0 Å². The molecule has 0 radical (unpaired) electrons. The summed E-state index contributed by atoms with van der Waals surface area (Å²) < 4.78 is 2.04. The minimum Gasteiger partial charge on any atom is -0.337 e. The summed E-state index contributed by atoms with van der Waals surface area (Å²) in [7, 11) is 0. The van der Waals surface area contributed by atoms with Crippen LogP contribution in [0.4, 0.5) is 0 Å². The first kappa shape index (κ1) is 11.7. The molecular formula is C11H18N4. The predicted molar refractivity (Wildman–Crippen MR) is 59.0 cm³/mol. The number of nitriles is 1. The summed E-state index contributed by atoms with van der Waals surface area (Å²) in [6.07, 6.45) is 5.36. The Balaban J connectivity index is 2.32. The van der Waals surface area contributed by atoms with Gasteiger partial charge in [-0.15, -0.1) is 0 Å². The van der Waals surface area contributed by atoms with Crippen molar-refractivity contribution in [1.29, 1.82) is 5.26 Å². The molecule has 0 amide bonds. The largest absolute Gasteiger partial charge is 0.337 e. The van der Waals surface area contributed by atoms with Crippen molar-refractivity contribution in [2.24, 2.45) is 0 Å². The number of imidazole rings is 1. The molecule has 1 aromatic rings. The minimum atomic E-state index is 0.480. The predicted octanol–water partition coefficient (Wildman–Crippen LogP) is 1.68. The third-order valence-electron chi connectivity index (χ3n) is 2.08. The molecule has 4 heteroatoms. The van der Waals surface area contributed by atoms with Crippen LogP contribution in [0.3, 0.4) is 0 Å². The number of nitrogens with one attached hydrogen (secondary N) is 1. The van der Waals surface area contributed by atoms with Gasteiger partial charge < -0.3 is 9.88 Å². The van der Waals surface area contributed by atoms with Crippen LogP contribution < -0.4 is 5.32 Å². The molecule has 0 bridgehead atoms. The molecule has 0 aliphatic heterocycles. The average Bonchev–Trinajstić information content (AvgIpc) is 2.63. The van der Waals surface area contributed by atoms with Gasteiger partial charge in [-0.3, -0.25) is 0 Å². The molecule has 0 spiro atoms. The van der Waals surface area contributed by atoms with Crippen molar-refractivity contribution in [3.8, 4) is 6.07 Å². The fraction of sp³-hybridized carbons (Fsp3) is 0.636. The Morgan fingerprint density at radius 2 is 2.40 bits per heavy atom. The normalized spacial score (nSPS) is 10.5. The quantitative estimate of drug-likeness (QED) is 0.720. The molecule has 0 aliphatic rings. The van der Waals surface area contributed by atoms with Gasteiger partial charge in [-0.25, -0.2) is 4.98 Å². The van der Waals surface area contributed by atoms with Gasteiger partial charge >= 0.3 is 0 Å². The van der Waals surface area contributed by atoms with Crippen LogP contribution in [0, 0.1) is 11.3 Å². The van der Waals surface area contributed by atoms with Gasteiger partial charge in [0.1, 0.15) is 0 Å². The Kier molecular flexibility index (Phi) is 4.85. The second kappa shape index (κ2) is 6.20. The lowest BCUT2D eigenvalue weighted by Crippen LogP contribution is -2.21. The zero-order chi connectivity index (χ0) is 11.1. The van der Waals surface area contributed by atoms with Crippen molar-refractivity contribution in [2.45, 2.75) is 45.8 Å². The highest BCUT2D eigenvalue weighted by molar-refractivity contribution is 4.96. The van der Waals surface area contributed by atoms with Crippen molar-refractivity contribution in [3.05, 3.63) is 18.2 Å². The highest BCUT2D eigenvalue weighted by atomic mass is 15.0. The van der Waals surface area contributed by atoms with Crippen LogP contribution in [-0.2, 0) is 13.1 Å². The van der Waals surface area contributed by atoms with E-state index in [0.29, 0.717) is 12.5 Å². The molecule has 1 aromatic heterocycles. The summed E-state index contributed by atoms with van der Waals surface area (Å²) in [5.74, 6) is 0. The first-order valence-corrected chi connectivity index (χ1v) is 5.33. The molecule has 1 rings (SSSR count). The second-order valence-corrected chi connectivity index (χ2v) is 3.90. The van der Waals surface area contributed by atoms with Gasteiger partial charge in [-0.05, 0) is 6.42 Å². The van der Waals surface area contributed by atoms with Crippen molar-refractivity contribution in [3.63, 3.8) is 0 Å². The van der Waals surface area contributed by atoms with E-state index in [4.69, 9.17) is 5.26 Å². The highest BCUT2D eigenvalue weighted by Gasteiger charge is 1.99. The van der Waals surface area contributed by atoms with E-state index in [0.717, 1.165) is 25.2 Å². The number of aromatic nitrogens is 2. The molecule has 0 atom stereocenters. The molecule has 0 saturated heterocycles. The van der Waals surface area contributed by atoms with E-state index >= 15 is 0 Å². The van der Waals surface area contributed by atoms with Crippen LogP contribution in [0.5, 0.6) is 0 Å². The van der Waals surface area contributed by atoms with Gasteiger partial charge in [0.25, 0.3) is 0 Å². The van der Waals surface area contributed by atoms with Gasteiger partial charge in [0, 0.05) is 31.7 Å². The average molecular weight is 206 g/mol. The standard InChI is InChI=1S/C11H18N4/c1-10(2)13-7-11-8-15(9-14-11)6-4-3-5-12/h8-10,13H,3-4,6-7H2,1-2H3. The zero-order valence-corrected chi connectivity index (χ0v) is 9.40. The van der Waals surface area contributed by atoms with Crippen LogP contribution in [-0.4, -0.2) is 15.6 Å². The maximum Gasteiger partial charge on any atom is 0.0949 e. The molecule has 0 aromatic carbocycles. The fourth-order valence-corrected chi connectivity index (χ4v) is 1.27. The first-order valence-electron chi connectivity index (χ1n) is 5.33. The second-order valence-electron chi connectivity index (χ2n) is 3.90. The molecule has 4 nitrogen and oxygen atoms in total. The Labute approximate surface area is 90.9 Å². The highest BCUT2D eigenvalue weighted by Crippen LogP contribution is 1.99. The van der Waals surface area contributed by atoms with Gasteiger partial charge in [0.2, 0.25) is 0 Å². The summed E-state index contributed by atoms with van der Waals surface area (Å²) in [4.78, 5) is 4.28. The van der Waals surface area contributed by atoms with E-state index in [1.165, 1.54) is 0 Å². The molecule has 0 fully saturated rings. The third kappa shape index (κ3) is 4.61. The van der Waals surface area contributed by atoms with E-state index in [1.807, 2.05) is 17.1 Å². The van der Waals surface area contributed by atoms with Gasteiger partial charge in [-0.1, -0.05) is 13.8 Å². The van der Waals surface area contributed by atoms with Crippen molar-refractivity contribution in [2.75, 3.05) is 0 Å². The Hall–Kier alpha value is -1.34. The smallest absolute Gasteiger partial charge is 0.0949 e. The van der Waals surface area contributed by atoms with Crippen LogP contribution in [0.25, 0.3) is 0 Å². The lowest BCUT2D eigenvalue weighted by Gasteiger charge is -2.04. The monoisotopic (exact) mass is 206 g/mol. The Bertz CT molecular complexity index is 322. The lowest BCUT2D eigenvalue weighted by molar-refractivity contribution is 0.581. The molecule has 82 valence electrons. The third-order valence-corrected chi connectivity index (χ3v) is 2.08. The molecule has 0 saturated carbocycles. The minimum absolute atomic E-state index is 0.480. The van der Waals surface area contributed by atoms with Crippen LogP contribution >= 0.6 is 0 Å². The maximum atomic E-state index is 8.41. The van der Waals surface area contributed by atoms with E-state index < -0.39 is 0 Å². The Morgan fingerprint density at radius 3 is 3.07 bits per heavy atom. The fourth-order valence-electron chi connectivity index (χ4n) is 1.27. The summed E-state index contributed by atoms with van der Waals surface area (Å²) in [5, 5.41) is 11.7. The van der Waals surface area contributed by atoms with Crippen molar-refractivity contribution in [1.82, 2.24) is 14.9 Å². The summed E-state index contributed by atoms with van der Waals surface area (Å²) >= 11 is 0. The van der Waals surface area contributed by atoms with E-state index in [-0.39, 0.29) is 0 Å². The number of hydrogen-bond acceptors (Lipinski definition) is 3. The summed E-state index contributed by atoms with van der Waals surface area (Å²) in [6, 6.07) is 2.62. The van der Waals surface area contributed by atoms with Gasteiger partial charge in [-0.2, -0.15) is 5.26 Å². The number of rotatable bonds is 6. The van der Waals surface area contributed by atoms with Gasteiger partial charge in [0.15, 0.2) is 0 Å². The molecule has 15 heavy (non-hydrogen) atoms. The number of unbranched alkanes of at least 4 members (excludes halogenated alkanes) is 1. The topological polar surface area (TPSA) is 53.6 Å². The van der Waals surface area contributed by atoms with Gasteiger partial charge in [0.05, 0.1) is 18.1 Å². The van der Waals surface area contributed by atoms with Crippen LogP contribution in [0.1, 0.15) is 32.4 Å². The zero-order valence-electron chi connectivity index (χ0n) is 9.40. The maximum absolute atomic E-state index is 8.41. The molecule has 1 N–H and O–H groups in total. The SMILES string of the molecule is CC(C)NCc1cn(CCCC#N)cn1. The Morgan fingerprint density at radius 1 is 1.60 bits per heavy atom. The molecule has 0 aliphatic carbocycles. The van der Waals surface area contributed by atoms with Crippen molar-refractivity contribution >= 4 is 0 Å². The van der Waals surface area contributed by atoms with E-state index in [2.05, 4.69) is 30.2 Å².